The molecule has 212 valence electrons. The minimum Gasteiger partial charge on any atom is -0.459 e. The second-order valence-corrected chi connectivity index (χ2v) is 12.8. The van der Waals surface area contributed by atoms with Crippen LogP contribution in [0.15, 0.2) is 0 Å². The summed E-state index contributed by atoms with van der Waals surface area (Å²) in [6.07, 6.45) is -7.80. The van der Waals surface area contributed by atoms with Crippen LogP contribution in [0.1, 0.15) is 64.7 Å². The standard InChI is InChI=1S/C23H30F6O7S/c1-20(14-7-12-6-13(9-14)10-15(20)8-12)35-18(30)16-4-2-3-5-17(16)19(31)36-21(22(24,25)26,23(27,28)29)11-37(32,33)34/h12-17H,2-11H2,1H3,(H,32,33,34). The molecule has 5 aliphatic carbocycles. The summed E-state index contributed by atoms with van der Waals surface area (Å²) in [5.41, 5.74) is -6.33. The van der Waals surface area contributed by atoms with Gasteiger partial charge in [0.05, 0.1) is 11.8 Å². The van der Waals surface area contributed by atoms with Gasteiger partial charge in [0.2, 0.25) is 0 Å². The molecule has 0 aliphatic heterocycles. The molecule has 14 heteroatoms. The fourth-order valence-electron chi connectivity index (χ4n) is 7.25. The molecule has 0 spiro atoms. The first-order valence-corrected chi connectivity index (χ1v) is 14.0. The second-order valence-electron chi connectivity index (χ2n) is 11.4. The Labute approximate surface area is 210 Å². The number of alkyl halides is 6. The minimum absolute atomic E-state index is 0.00139. The summed E-state index contributed by atoms with van der Waals surface area (Å²) in [5, 5.41) is 0. The van der Waals surface area contributed by atoms with Crippen molar-refractivity contribution in [3.05, 3.63) is 0 Å². The van der Waals surface area contributed by atoms with Crippen molar-refractivity contribution in [1.82, 2.24) is 0 Å². The highest BCUT2D eigenvalue weighted by Gasteiger charge is 2.76. The second kappa shape index (κ2) is 9.27. The van der Waals surface area contributed by atoms with Gasteiger partial charge < -0.3 is 9.47 Å². The number of hydrogen-bond donors (Lipinski definition) is 1. The van der Waals surface area contributed by atoms with Crippen LogP contribution in [0.4, 0.5) is 26.3 Å². The quantitative estimate of drug-likeness (QED) is 0.279. The Morgan fingerprint density at radius 2 is 1.27 bits per heavy atom. The molecule has 0 aromatic heterocycles. The van der Waals surface area contributed by atoms with Crippen LogP contribution >= 0.6 is 0 Å². The zero-order chi connectivity index (χ0) is 27.6. The van der Waals surface area contributed by atoms with Crippen molar-refractivity contribution < 1.29 is 58.4 Å². The predicted octanol–water partition coefficient (Wildman–Crippen LogP) is 4.85. The highest BCUT2D eigenvalue weighted by atomic mass is 32.2. The Morgan fingerprint density at radius 1 is 0.838 bits per heavy atom. The van der Waals surface area contributed by atoms with E-state index in [1.165, 1.54) is 0 Å². The summed E-state index contributed by atoms with van der Waals surface area (Å²) in [6.45, 7) is 1.82. The summed E-state index contributed by atoms with van der Waals surface area (Å²) in [7, 11) is -5.90. The number of halogens is 6. The molecular formula is C23H30F6O7S. The summed E-state index contributed by atoms with van der Waals surface area (Å²) in [4.78, 5) is 26.1. The molecule has 5 saturated carbocycles. The van der Waals surface area contributed by atoms with Crippen LogP contribution in [-0.2, 0) is 29.2 Å². The molecule has 5 rings (SSSR count). The SMILES string of the molecule is CC1(OC(=O)C2CCCCC2C(=O)OC(CS(=O)(=O)O)(C(F)(F)F)C(F)(F)F)C2CC3CC(C2)CC1C3. The fraction of sp³-hybridized carbons (Fsp3) is 0.913. The number of rotatable bonds is 6. The molecule has 4 bridgehead atoms. The van der Waals surface area contributed by atoms with Crippen LogP contribution in [0, 0.1) is 35.5 Å². The first kappa shape index (κ1) is 28.4. The Balaban J connectivity index is 1.57. The molecule has 7 nitrogen and oxygen atoms in total. The molecule has 0 saturated heterocycles. The molecule has 0 aromatic rings. The Morgan fingerprint density at radius 3 is 1.68 bits per heavy atom. The lowest BCUT2D eigenvalue weighted by atomic mass is 9.50. The number of carbonyl (C=O) groups excluding carboxylic acids is 2. The minimum atomic E-state index is -6.42. The number of hydrogen-bond acceptors (Lipinski definition) is 6. The fourth-order valence-corrected chi connectivity index (χ4v) is 8.15. The monoisotopic (exact) mass is 564 g/mol. The van der Waals surface area contributed by atoms with E-state index in [-0.39, 0.29) is 31.1 Å². The molecule has 5 fully saturated rings. The van der Waals surface area contributed by atoms with Crippen LogP contribution in [0.2, 0.25) is 0 Å². The maximum atomic E-state index is 13.6. The van der Waals surface area contributed by atoms with E-state index in [0.29, 0.717) is 18.3 Å². The van der Waals surface area contributed by atoms with Crippen molar-refractivity contribution >= 4 is 22.1 Å². The first-order chi connectivity index (χ1) is 16.9. The Kier molecular flexibility index (Phi) is 7.12. The van der Waals surface area contributed by atoms with Crippen molar-refractivity contribution in [3.8, 4) is 0 Å². The van der Waals surface area contributed by atoms with E-state index in [0.717, 1.165) is 32.1 Å². The average Bonchev–Trinajstić information content (AvgIpc) is 2.74. The molecule has 0 amide bonds. The molecule has 0 aromatic carbocycles. The Hall–Kier alpha value is -1.57. The largest absolute Gasteiger partial charge is 0.459 e. The summed E-state index contributed by atoms with van der Waals surface area (Å²) in [6, 6.07) is 0. The summed E-state index contributed by atoms with van der Waals surface area (Å²) >= 11 is 0. The predicted molar refractivity (Wildman–Crippen MR) is 114 cm³/mol. The number of esters is 2. The first-order valence-electron chi connectivity index (χ1n) is 12.4. The van der Waals surface area contributed by atoms with Gasteiger partial charge in [-0.1, -0.05) is 12.8 Å². The van der Waals surface area contributed by atoms with Crippen molar-refractivity contribution in [1.29, 1.82) is 0 Å². The van der Waals surface area contributed by atoms with E-state index < -0.39 is 63.2 Å². The van der Waals surface area contributed by atoms with Gasteiger partial charge in [-0.05, 0) is 75.5 Å². The van der Waals surface area contributed by atoms with Gasteiger partial charge in [-0.15, -0.1) is 0 Å². The molecule has 0 heterocycles. The lowest BCUT2D eigenvalue weighted by Crippen LogP contribution is -2.64. The molecule has 0 radical (unpaired) electrons. The van der Waals surface area contributed by atoms with Gasteiger partial charge in [0.25, 0.3) is 10.1 Å². The van der Waals surface area contributed by atoms with E-state index in [1.54, 1.807) is 0 Å². The number of ether oxygens (including phenoxy) is 2. The molecule has 1 N–H and O–H groups in total. The van der Waals surface area contributed by atoms with Gasteiger partial charge in [0.1, 0.15) is 11.4 Å². The smallest absolute Gasteiger partial charge is 0.438 e. The van der Waals surface area contributed by atoms with Gasteiger partial charge in [-0.2, -0.15) is 34.8 Å². The maximum absolute atomic E-state index is 13.6. The molecule has 2 atom stereocenters. The van der Waals surface area contributed by atoms with Crippen molar-refractivity contribution in [3.63, 3.8) is 0 Å². The normalized spacial score (nSPS) is 36.3. The number of carbonyl (C=O) groups is 2. The van der Waals surface area contributed by atoms with E-state index >= 15 is 0 Å². The molecule has 5 aliphatic rings. The van der Waals surface area contributed by atoms with Crippen molar-refractivity contribution in [2.75, 3.05) is 5.75 Å². The zero-order valence-corrected chi connectivity index (χ0v) is 20.9. The van der Waals surface area contributed by atoms with Gasteiger partial charge in [0.15, 0.2) is 0 Å². The topological polar surface area (TPSA) is 107 Å². The highest BCUT2D eigenvalue weighted by molar-refractivity contribution is 7.85. The van der Waals surface area contributed by atoms with Crippen LogP contribution in [0.5, 0.6) is 0 Å². The van der Waals surface area contributed by atoms with Crippen LogP contribution < -0.4 is 0 Å². The van der Waals surface area contributed by atoms with Gasteiger partial charge >= 0.3 is 29.9 Å². The van der Waals surface area contributed by atoms with Crippen molar-refractivity contribution in [2.45, 2.75) is 88.3 Å². The molecular weight excluding hydrogens is 534 g/mol. The maximum Gasteiger partial charge on any atom is 0.438 e. The summed E-state index contributed by atoms with van der Waals surface area (Å²) in [5.74, 6) is -7.55. The van der Waals surface area contributed by atoms with Gasteiger partial charge in [0, 0.05) is 0 Å². The summed E-state index contributed by atoms with van der Waals surface area (Å²) < 4.78 is 123. The lowest BCUT2D eigenvalue weighted by Gasteiger charge is -2.59. The highest BCUT2D eigenvalue weighted by Crippen LogP contribution is 2.60. The lowest BCUT2D eigenvalue weighted by molar-refractivity contribution is -0.362. The van der Waals surface area contributed by atoms with Crippen LogP contribution in [0.3, 0.4) is 0 Å². The van der Waals surface area contributed by atoms with E-state index in [1.807, 2.05) is 6.92 Å². The third kappa shape index (κ3) is 5.20. The zero-order valence-electron chi connectivity index (χ0n) is 20.1. The molecule has 2 unspecified atom stereocenters. The van der Waals surface area contributed by atoms with Crippen molar-refractivity contribution in [2.24, 2.45) is 35.5 Å². The van der Waals surface area contributed by atoms with Gasteiger partial charge in [-0.3, -0.25) is 14.1 Å². The van der Waals surface area contributed by atoms with E-state index in [2.05, 4.69) is 4.74 Å². The van der Waals surface area contributed by atoms with Crippen LogP contribution in [-0.4, -0.2) is 54.2 Å². The van der Waals surface area contributed by atoms with E-state index in [9.17, 15) is 44.3 Å². The average molecular weight is 565 g/mol. The third-order valence-electron chi connectivity index (χ3n) is 9.03. The third-order valence-corrected chi connectivity index (χ3v) is 9.80. The van der Waals surface area contributed by atoms with Gasteiger partial charge in [-0.25, -0.2) is 0 Å². The Bertz CT molecular complexity index is 980. The molecule has 37 heavy (non-hydrogen) atoms. The van der Waals surface area contributed by atoms with E-state index in [4.69, 9.17) is 9.29 Å². The van der Waals surface area contributed by atoms with Crippen LogP contribution in [0.25, 0.3) is 0 Å².